The van der Waals surface area contributed by atoms with Gasteiger partial charge in [-0.15, -0.1) is 11.8 Å². The highest BCUT2D eigenvalue weighted by atomic mass is 35.5. The van der Waals surface area contributed by atoms with Gasteiger partial charge >= 0.3 is 0 Å². The Morgan fingerprint density at radius 1 is 1.25 bits per heavy atom. The van der Waals surface area contributed by atoms with Crippen LogP contribution in [0.25, 0.3) is 11.3 Å². The van der Waals surface area contributed by atoms with E-state index in [-0.39, 0.29) is 5.91 Å². The number of halogens is 2. The molecule has 1 saturated heterocycles. The molecule has 1 aromatic carbocycles. The molecule has 24 heavy (non-hydrogen) atoms. The summed E-state index contributed by atoms with van der Waals surface area (Å²) >= 11 is 13.6. The van der Waals surface area contributed by atoms with Gasteiger partial charge in [0, 0.05) is 29.7 Å². The van der Waals surface area contributed by atoms with Crippen LogP contribution in [0.4, 0.5) is 0 Å². The summed E-state index contributed by atoms with van der Waals surface area (Å²) in [5, 5.41) is 5.14. The van der Waals surface area contributed by atoms with Crippen molar-refractivity contribution in [3.63, 3.8) is 0 Å². The number of carbonyl (C=O) groups excluding carboxylic acids is 1. The maximum absolute atomic E-state index is 12.1. The van der Waals surface area contributed by atoms with Crippen molar-refractivity contribution in [1.82, 2.24) is 10.1 Å². The van der Waals surface area contributed by atoms with Crippen LogP contribution in [0.2, 0.25) is 10.0 Å². The van der Waals surface area contributed by atoms with E-state index in [9.17, 15) is 4.79 Å². The van der Waals surface area contributed by atoms with Gasteiger partial charge in [-0.1, -0.05) is 28.4 Å². The summed E-state index contributed by atoms with van der Waals surface area (Å²) in [6.45, 7) is 2.56. The summed E-state index contributed by atoms with van der Waals surface area (Å²) < 4.78 is 10.6. The largest absolute Gasteiger partial charge is 0.378 e. The number of hydrogen-bond donors (Lipinski definition) is 0. The van der Waals surface area contributed by atoms with Gasteiger partial charge < -0.3 is 14.2 Å². The lowest BCUT2D eigenvalue weighted by Gasteiger charge is -2.26. The van der Waals surface area contributed by atoms with Crippen LogP contribution in [0.3, 0.4) is 0 Å². The molecule has 2 aromatic rings. The van der Waals surface area contributed by atoms with E-state index >= 15 is 0 Å². The van der Waals surface area contributed by atoms with Gasteiger partial charge in [-0.3, -0.25) is 4.79 Å². The SMILES string of the molecule is O=C(CSCc1cc(-c2ccc(Cl)cc2Cl)no1)N1CCOCC1. The van der Waals surface area contributed by atoms with Crippen molar-refractivity contribution in [1.29, 1.82) is 0 Å². The van der Waals surface area contributed by atoms with Crippen LogP contribution in [-0.2, 0) is 15.3 Å². The topological polar surface area (TPSA) is 55.6 Å². The van der Waals surface area contributed by atoms with Crippen LogP contribution in [0, 0.1) is 0 Å². The smallest absolute Gasteiger partial charge is 0.232 e. The van der Waals surface area contributed by atoms with E-state index in [0.717, 1.165) is 5.56 Å². The van der Waals surface area contributed by atoms with Crippen LogP contribution in [0.5, 0.6) is 0 Å². The molecule has 0 atom stereocenters. The van der Waals surface area contributed by atoms with E-state index in [1.807, 2.05) is 11.0 Å². The predicted octanol–water partition coefficient (Wildman–Crippen LogP) is 3.74. The third kappa shape index (κ3) is 4.45. The first-order valence-corrected chi connectivity index (χ1v) is 9.39. The molecular formula is C16H16Cl2N2O3S. The third-order valence-corrected chi connectivity index (χ3v) is 5.09. The number of nitrogens with zero attached hydrogens (tertiary/aromatic N) is 2. The van der Waals surface area contributed by atoms with E-state index in [1.54, 1.807) is 18.2 Å². The lowest BCUT2D eigenvalue weighted by atomic mass is 10.1. The number of thioether (sulfide) groups is 1. The van der Waals surface area contributed by atoms with E-state index in [0.29, 0.717) is 59.3 Å². The van der Waals surface area contributed by atoms with Gasteiger partial charge in [-0.2, -0.15) is 0 Å². The summed E-state index contributed by atoms with van der Waals surface area (Å²) in [4.78, 5) is 13.9. The third-order valence-electron chi connectivity index (χ3n) is 3.60. The number of carbonyl (C=O) groups is 1. The number of aromatic nitrogens is 1. The maximum atomic E-state index is 12.1. The molecule has 128 valence electrons. The minimum Gasteiger partial charge on any atom is -0.378 e. The number of benzene rings is 1. The Balaban J connectivity index is 1.53. The molecule has 0 spiro atoms. The highest BCUT2D eigenvalue weighted by Crippen LogP contribution is 2.30. The first kappa shape index (κ1) is 17.6. The Morgan fingerprint density at radius 3 is 2.79 bits per heavy atom. The molecule has 8 heteroatoms. The first-order chi connectivity index (χ1) is 11.6. The normalized spacial score (nSPS) is 14.8. The molecule has 1 aliphatic heterocycles. The highest BCUT2D eigenvalue weighted by molar-refractivity contribution is 7.99. The Bertz CT molecular complexity index is 717. The molecule has 0 aliphatic carbocycles. The number of hydrogen-bond acceptors (Lipinski definition) is 5. The summed E-state index contributed by atoms with van der Waals surface area (Å²) in [7, 11) is 0. The molecule has 5 nitrogen and oxygen atoms in total. The van der Waals surface area contributed by atoms with Crippen LogP contribution >= 0.6 is 35.0 Å². The highest BCUT2D eigenvalue weighted by Gasteiger charge is 2.17. The Morgan fingerprint density at radius 2 is 2.04 bits per heavy atom. The molecule has 1 aromatic heterocycles. The second kappa shape index (κ2) is 8.25. The van der Waals surface area contributed by atoms with Gasteiger partial charge in [0.2, 0.25) is 5.91 Å². The minimum absolute atomic E-state index is 0.129. The van der Waals surface area contributed by atoms with Crippen molar-refractivity contribution >= 4 is 40.9 Å². The summed E-state index contributed by atoms with van der Waals surface area (Å²) in [5.41, 5.74) is 1.43. The first-order valence-electron chi connectivity index (χ1n) is 7.48. The Labute approximate surface area is 154 Å². The van der Waals surface area contributed by atoms with Crippen LogP contribution in [0.15, 0.2) is 28.8 Å². The number of ether oxygens (including phenoxy) is 1. The van der Waals surface area contributed by atoms with Gasteiger partial charge in [0.05, 0.1) is 29.7 Å². The molecule has 0 unspecified atom stereocenters. The molecular weight excluding hydrogens is 371 g/mol. The van der Waals surface area contributed by atoms with Crippen molar-refractivity contribution in [2.45, 2.75) is 5.75 Å². The fourth-order valence-corrected chi connectivity index (χ4v) is 3.65. The molecule has 0 bridgehead atoms. The van der Waals surface area contributed by atoms with Crippen molar-refractivity contribution in [2.24, 2.45) is 0 Å². The molecule has 1 fully saturated rings. The Kier molecular flexibility index (Phi) is 6.05. The van der Waals surface area contributed by atoms with Gasteiger partial charge in [-0.25, -0.2) is 0 Å². The minimum atomic E-state index is 0.129. The van der Waals surface area contributed by atoms with Gasteiger partial charge in [0.15, 0.2) is 0 Å². The fraction of sp³-hybridized carbons (Fsp3) is 0.375. The molecule has 0 saturated carbocycles. The molecule has 1 aliphatic rings. The summed E-state index contributed by atoms with van der Waals surface area (Å²) in [5.74, 6) is 1.83. The van der Waals surface area contributed by atoms with Gasteiger partial charge in [0.25, 0.3) is 0 Å². The molecule has 0 radical (unpaired) electrons. The average molecular weight is 387 g/mol. The monoisotopic (exact) mass is 386 g/mol. The summed E-state index contributed by atoms with van der Waals surface area (Å²) in [6.07, 6.45) is 0. The van der Waals surface area contributed by atoms with E-state index in [4.69, 9.17) is 32.5 Å². The number of rotatable bonds is 5. The molecule has 1 amide bonds. The van der Waals surface area contributed by atoms with Gasteiger partial charge in [-0.05, 0) is 18.2 Å². The maximum Gasteiger partial charge on any atom is 0.232 e. The van der Waals surface area contributed by atoms with E-state index < -0.39 is 0 Å². The van der Waals surface area contributed by atoms with Crippen molar-refractivity contribution in [3.05, 3.63) is 40.1 Å². The molecule has 3 rings (SSSR count). The van der Waals surface area contributed by atoms with Crippen molar-refractivity contribution in [3.8, 4) is 11.3 Å². The van der Waals surface area contributed by atoms with Crippen LogP contribution < -0.4 is 0 Å². The van der Waals surface area contributed by atoms with Crippen molar-refractivity contribution in [2.75, 3.05) is 32.1 Å². The quantitative estimate of drug-likeness (QED) is 0.783. The van der Waals surface area contributed by atoms with E-state index in [2.05, 4.69) is 5.16 Å². The Hall–Kier alpha value is -1.21. The lowest BCUT2D eigenvalue weighted by Crippen LogP contribution is -2.41. The molecule has 0 N–H and O–H groups in total. The van der Waals surface area contributed by atoms with Crippen molar-refractivity contribution < 1.29 is 14.1 Å². The van der Waals surface area contributed by atoms with Gasteiger partial charge in [0.1, 0.15) is 11.5 Å². The second-order valence-electron chi connectivity index (χ2n) is 5.29. The van der Waals surface area contributed by atoms with Crippen LogP contribution in [-0.4, -0.2) is 48.0 Å². The number of morpholine rings is 1. The fourth-order valence-electron chi connectivity index (χ4n) is 2.35. The van der Waals surface area contributed by atoms with Crippen LogP contribution in [0.1, 0.15) is 5.76 Å². The lowest BCUT2D eigenvalue weighted by molar-refractivity contribution is -0.132. The average Bonchev–Trinajstić information content (AvgIpc) is 3.04. The summed E-state index contributed by atoms with van der Waals surface area (Å²) in [6, 6.07) is 7.07. The zero-order valence-electron chi connectivity index (χ0n) is 12.8. The molecule has 2 heterocycles. The number of amides is 1. The standard InChI is InChI=1S/C16H16Cl2N2O3S/c17-11-1-2-13(14(18)7-11)15-8-12(23-19-15)9-24-10-16(21)20-3-5-22-6-4-20/h1-2,7-8H,3-6,9-10H2. The zero-order chi connectivity index (χ0) is 16.9. The van der Waals surface area contributed by atoms with E-state index in [1.165, 1.54) is 11.8 Å². The zero-order valence-corrected chi connectivity index (χ0v) is 15.2. The second-order valence-corrected chi connectivity index (χ2v) is 7.12. The predicted molar refractivity (Wildman–Crippen MR) is 95.5 cm³/mol.